The number of benzene rings is 2. The third-order valence-corrected chi connectivity index (χ3v) is 5.16. The molecule has 2 aromatic carbocycles. The maximum Gasteiger partial charge on any atom is 0.255 e. The molecule has 1 aliphatic heterocycles. The van der Waals surface area contributed by atoms with Gasteiger partial charge in [0.1, 0.15) is 0 Å². The average Bonchev–Trinajstić information content (AvgIpc) is 2.69. The van der Waals surface area contributed by atoms with Crippen LogP contribution in [0.25, 0.3) is 0 Å². The Labute approximate surface area is 164 Å². The first kappa shape index (κ1) is 19.4. The molecule has 0 saturated carbocycles. The van der Waals surface area contributed by atoms with Crippen molar-refractivity contribution in [1.29, 1.82) is 0 Å². The molecule has 0 aromatic heterocycles. The Morgan fingerprint density at radius 1 is 1.07 bits per heavy atom. The Kier molecular flexibility index (Phi) is 6.48. The van der Waals surface area contributed by atoms with Gasteiger partial charge in [-0.3, -0.25) is 9.59 Å². The van der Waals surface area contributed by atoms with Gasteiger partial charge in [-0.15, -0.1) is 0 Å². The predicted molar refractivity (Wildman–Crippen MR) is 108 cm³/mol. The summed E-state index contributed by atoms with van der Waals surface area (Å²) in [6.07, 6.45) is 1.98. The first-order chi connectivity index (χ1) is 13.1. The van der Waals surface area contributed by atoms with Gasteiger partial charge in [0.15, 0.2) is 0 Å². The number of amides is 2. The number of piperidine rings is 1. The molecule has 1 heterocycles. The summed E-state index contributed by atoms with van der Waals surface area (Å²) in [7, 11) is 1.96. The van der Waals surface area contributed by atoms with Gasteiger partial charge in [-0.1, -0.05) is 23.7 Å². The van der Waals surface area contributed by atoms with Crippen LogP contribution in [-0.4, -0.2) is 43.4 Å². The molecule has 0 atom stereocenters. The number of hydrogen-bond donors (Lipinski definition) is 2. The smallest absolute Gasteiger partial charge is 0.255 e. The molecule has 0 radical (unpaired) electrons. The lowest BCUT2D eigenvalue weighted by Crippen LogP contribution is -2.40. The van der Waals surface area contributed by atoms with Crippen LogP contribution < -0.4 is 10.6 Å². The zero-order valence-corrected chi connectivity index (χ0v) is 16.1. The lowest BCUT2D eigenvalue weighted by atomic mass is 9.96. The molecule has 3 rings (SSSR count). The number of nitrogens with zero attached hydrogens (tertiary/aromatic N) is 1. The molecule has 1 saturated heterocycles. The number of carbonyl (C=O) groups excluding carboxylic acids is 2. The highest BCUT2D eigenvalue weighted by Gasteiger charge is 2.25. The minimum absolute atomic E-state index is 0.0371. The lowest BCUT2D eigenvalue weighted by molar-refractivity contribution is 0.0692. The number of anilines is 1. The van der Waals surface area contributed by atoms with E-state index in [4.69, 9.17) is 11.6 Å². The Balaban J connectivity index is 1.71. The Morgan fingerprint density at radius 3 is 2.41 bits per heavy atom. The van der Waals surface area contributed by atoms with Gasteiger partial charge in [0.2, 0.25) is 0 Å². The highest BCUT2D eigenvalue weighted by atomic mass is 35.5. The SMILES string of the molecule is CNCC1CCN(C(=O)c2ccccc2NC(=O)c2ccc(Cl)cc2)CC1. The second-order valence-electron chi connectivity index (χ2n) is 6.80. The molecular formula is C21H24ClN3O2. The summed E-state index contributed by atoms with van der Waals surface area (Å²) < 4.78 is 0. The zero-order valence-electron chi connectivity index (χ0n) is 15.4. The topological polar surface area (TPSA) is 61.4 Å². The Hall–Kier alpha value is -2.37. The predicted octanol–water partition coefficient (Wildman–Crippen LogP) is 3.66. The van der Waals surface area contributed by atoms with Gasteiger partial charge in [0.25, 0.3) is 11.8 Å². The number of hydrogen-bond acceptors (Lipinski definition) is 3. The Morgan fingerprint density at radius 2 is 1.74 bits per heavy atom. The van der Waals surface area contributed by atoms with E-state index < -0.39 is 0 Å². The Bertz CT molecular complexity index is 799. The normalized spacial score (nSPS) is 14.8. The van der Waals surface area contributed by atoms with Crippen LogP contribution in [0.3, 0.4) is 0 Å². The molecule has 1 aliphatic rings. The van der Waals surface area contributed by atoms with Crippen molar-refractivity contribution < 1.29 is 9.59 Å². The summed E-state index contributed by atoms with van der Waals surface area (Å²) in [6, 6.07) is 13.8. The highest BCUT2D eigenvalue weighted by molar-refractivity contribution is 6.30. The molecule has 0 bridgehead atoms. The van der Waals surface area contributed by atoms with Gasteiger partial charge in [0, 0.05) is 23.7 Å². The molecule has 0 spiro atoms. The van der Waals surface area contributed by atoms with Crippen molar-refractivity contribution in [2.24, 2.45) is 5.92 Å². The number of halogens is 1. The zero-order chi connectivity index (χ0) is 19.2. The lowest BCUT2D eigenvalue weighted by Gasteiger charge is -2.32. The quantitative estimate of drug-likeness (QED) is 0.825. The standard InChI is InChI=1S/C21H24ClN3O2/c1-23-14-15-10-12-25(13-11-15)21(27)18-4-2-3-5-19(18)24-20(26)16-6-8-17(22)9-7-16/h2-9,15,23H,10-14H2,1H3,(H,24,26). The van der Waals surface area contributed by atoms with E-state index in [0.717, 1.165) is 32.5 Å². The molecule has 2 amide bonds. The van der Waals surface area contributed by atoms with Crippen LogP contribution in [0.15, 0.2) is 48.5 Å². The summed E-state index contributed by atoms with van der Waals surface area (Å²) >= 11 is 5.87. The van der Waals surface area contributed by atoms with Crippen molar-refractivity contribution in [2.45, 2.75) is 12.8 Å². The number of para-hydroxylation sites is 1. The van der Waals surface area contributed by atoms with Gasteiger partial charge in [-0.2, -0.15) is 0 Å². The molecule has 1 fully saturated rings. The van der Waals surface area contributed by atoms with E-state index in [1.165, 1.54) is 0 Å². The van der Waals surface area contributed by atoms with Gasteiger partial charge in [-0.05, 0) is 68.8 Å². The minimum atomic E-state index is -0.264. The second kappa shape index (κ2) is 9.02. The van der Waals surface area contributed by atoms with Gasteiger partial charge >= 0.3 is 0 Å². The van der Waals surface area contributed by atoms with E-state index in [9.17, 15) is 9.59 Å². The summed E-state index contributed by atoms with van der Waals surface area (Å²) in [5, 5.41) is 6.63. The van der Waals surface area contributed by atoms with E-state index in [1.54, 1.807) is 36.4 Å². The fourth-order valence-electron chi connectivity index (χ4n) is 3.37. The molecule has 0 aliphatic carbocycles. The largest absolute Gasteiger partial charge is 0.339 e. The van der Waals surface area contributed by atoms with Gasteiger partial charge in [0.05, 0.1) is 11.3 Å². The van der Waals surface area contributed by atoms with Gasteiger partial charge in [-0.25, -0.2) is 0 Å². The number of carbonyl (C=O) groups is 2. The first-order valence-electron chi connectivity index (χ1n) is 9.18. The minimum Gasteiger partial charge on any atom is -0.339 e. The maximum absolute atomic E-state index is 13.0. The van der Waals surface area contributed by atoms with Crippen LogP contribution in [0.2, 0.25) is 5.02 Å². The van der Waals surface area contributed by atoms with Gasteiger partial charge < -0.3 is 15.5 Å². The molecule has 5 nitrogen and oxygen atoms in total. The number of likely N-dealkylation sites (tertiary alicyclic amines) is 1. The summed E-state index contributed by atoms with van der Waals surface area (Å²) in [4.78, 5) is 27.4. The fourth-order valence-corrected chi connectivity index (χ4v) is 3.50. The molecule has 6 heteroatoms. The summed E-state index contributed by atoms with van der Waals surface area (Å²) in [6.45, 7) is 2.46. The molecule has 142 valence electrons. The van der Waals surface area contributed by atoms with Crippen LogP contribution in [0.5, 0.6) is 0 Å². The van der Waals surface area contributed by atoms with E-state index >= 15 is 0 Å². The van der Waals surface area contributed by atoms with Crippen LogP contribution in [-0.2, 0) is 0 Å². The van der Waals surface area contributed by atoms with E-state index in [-0.39, 0.29) is 11.8 Å². The van der Waals surface area contributed by atoms with Crippen molar-refractivity contribution in [3.8, 4) is 0 Å². The van der Waals surface area contributed by atoms with Crippen LogP contribution in [0.1, 0.15) is 33.6 Å². The molecule has 2 aromatic rings. The van der Waals surface area contributed by atoms with Crippen molar-refractivity contribution in [1.82, 2.24) is 10.2 Å². The van der Waals surface area contributed by atoms with E-state index in [0.29, 0.717) is 27.8 Å². The van der Waals surface area contributed by atoms with E-state index in [1.807, 2.05) is 24.1 Å². The average molecular weight is 386 g/mol. The molecule has 0 unspecified atom stereocenters. The molecular weight excluding hydrogens is 362 g/mol. The van der Waals surface area contributed by atoms with Crippen LogP contribution in [0, 0.1) is 5.92 Å². The molecule has 2 N–H and O–H groups in total. The second-order valence-corrected chi connectivity index (χ2v) is 7.24. The summed E-state index contributed by atoms with van der Waals surface area (Å²) in [5.74, 6) is 0.309. The maximum atomic E-state index is 13.0. The highest BCUT2D eigenvalue weighted by Crippen LogP contribution is 2.23. The van der Waals surface area contributed by atoms with Crippen molar-refractivity contribution in [2.75, 3.05) is 32.0 Å². The third-order valence-electron chi connectivity index (χ3n) is 4.91. The fraction of sp³-hybridized carbons (Fsp3) is 0.333. The first-order valence-corrected chi connectivity index (χ1v) is 9.56. The monoisotopic (exact) mass is 385 g/mol. The summed E-state index contributed by atoms with van der Waals surface area (Å²) in [5.41, 5.74) is 1.54. The van der Waals surface area contributed by atoms with Crippen LogP contribution >= 0.6 is 11.6 Å². The van der Waals surface area contributed by atoms with Crippen molar-refractivity contribution >= 4 is 29.1 Å². The number of nitrogens with one attached hydrogen (secondary N) is 2. The number of rotatable bonds is 5. The van der Waals surface area contributed by atoms with Crippen LogP contribution in [0.4, 0.5) is 5.69 Å². The van der Waals surface area contributed by atoms with Crippen molar-refractivity contribution in [3.05, 3.63) is 64.7 Å². The third kappa shape index (κ3) is 4.87. The molecule has 27 heavy (non-hydrogen) atoms. The van der Waals surface area contributed by atoms with Crippen molar-refractivity contribution in [3.63, 3.8) is 0 Å². The van der Waals surface area contributed by atoms with E-state index in [2.05, 4.69) is 10.6 Å².